The monoisotopic (exact) mass is 354 g/mol. The fourth-order valence-corrected chi connectivity index (χ4v) is 1.96. The second-order valence-corrected chi connectivity index (χ2v) is 8.12. The van der Waals surface area contributed by atoms with Crippen LogP contribution in [0.2, 0.25) is 0 Å². The first-order chi connectivity index (χ1) is 7.05. The predicted octanol–water partition coefficient (Wildman–Crippen LogP) is 5.00. The Morgan fingerprint density at radius 3 is 2.60 bits per heavy atom. The molecule has 0 N–H and O–H groups in total. The van der Waals surface area contributed by atoms with Gasteiger partial charge in [0.15, 0.2) is 2.69 Å². The lowest BCUT2D eigenvalue weighted by atomic mass is 10.2. The average molecular weight is 356 g/mol. The van der Waals surface area contributed by atoms with Crippen molar-refractivity contribution >= 4 is 43.5 Å². The zero-order chi connectivity index (χ0) is 11.3. The molecule has 0 aromatic heterocycles. The van der Waals surface area contributed by atoms with Crippen molar-refractivity contribution in [2.45, 2.75) is 22.5 Å². The number of benzene rings is 1. The first-order valence-corrected chi connectivity index (χ1v) is 6.81. The fourth-order valence-electron chi connectivity index (χ4n) is 1.15. The van der Waals surface area contributed by atoms with Gasteiger partial charge in [-0.3, -0.25) is 0 Å². The maximum Gasteiger partial charge on any atom is 0.182 e. The van der Waals surface area contributed by atoms with E-state index in [0.29, 0.717) is 0 Å². The van der Waals surface area contributed by atoms with Gasteiger partial charge >= 0.3 is 0 Å². The summed E-state index contributed by atoms with van der Waals surface area (Å²) >= 11 is 12.8. The van der Waals surface area contributed by atoms with E-state index in [9.17, 15) is 0 Å². The second-order valence-electron chi connectivity index (χ2n) is 3.20. The average Bonchev–Trinajstić information content (AvgIpc) is 2.17. The van der Waals surface area contributed by atoms with Crippen molar-refractivity contribution in [2.75, 3.05) is 6.61 Å². The molecule has 0 heterocycles. The summed E-state index contributed by atoms with van der Waals surface area (Å²) in [7, 11) is 0. The molecule has 0 radical (unpaired) electrons. The maximum absolute atomic E-state index is 6.13. The summed E-state index contributed by atoms with van der Waals surface area (Å²) in [5, 5.41) is 0. The minimum Gasteiger partial charge on any atom is -0.493 e. The largest absolute Gasteiger partial charge is 0.493 e. The quantitative estimate of drug-likeness (QED) is 0.533. The lowest BCUT2D eigenvalue weighted by Gasteiger charge is -2.17. The molecule has 0 saturated carbocycles. The Morgan fingerprint density at radius 1 is 1.33 bits per heavy atom. The summed E-state index contributed by atoms with van der Waals surface area (Å²) in [5.41, 5.74) is 0.891. The minimum absolute atomic E-state index is 0.723. The van der Waals surface area contributed by atoms with Crippen molar-refractivity contribution in [3.63, 3.8) is 0 Å². The lowest BCUT2D eigenvalue weighted by Crippen LogP contribution is -2.05. The normalized spacial score (nSPS) is 11.5. The number of para-hydroxylation sites is 1. The molecule has 1 aromatic carbocycles. The Bertz CT molecular complexity index is 310. The van der Waals surface area contributed by atoms with Gasteiger partial charge in [-0.05, 0) is 44.3 Å². The van der Waals surface area contributed by atoms with Crippen LogP contribution in [0.5, 0.6) is 5.75 Å². The highest BCUT2D eigenvalue weighted by molar-refractivity contribution is 9.25. The Balaban J connectivity index is 2.78. The van der Waals surface area contributed by atoms with Crippen LogP contribution < -0.4 is 4.74 Å². The Morgan fingerprint density at radius 2 is 2.00 bits per heavy atom. The van der Waals surface area contributed by atoms with Crippen molar-refractivity contribution in [2.24, 2.45) is 0 Å². The first-order valence-electron chi connectivity index (χ1n) is 4.84. The van der Waals surface area contributed by atoms with E-state index in [2.05, 4.69) is 38.8 Å². The van der Waals surface area contributed by atoms with E-state index in [1.54, 1.807) is 0 Å². The molecule has 0 unspecified atom stereocenters. The molecule has 84 valence electrons. The number of unbranched alkanes of at least 4 members (excludes halogenated alkanes) is 1. The number of rotatable bonds is 5. The van der Waals surface area contributed by atoms with Gasteiger partial charge in [0.2, 0.25) is 0 Å². The van der Waals surface area contributed by atoms with Crippen molar-refractivity contribution in [3.8, 4) is 5.75 Å². The van der Waals surface area contributed by atoms with E-state index in [-0.39, 0.29) is 0 Å². The van der Waals surface area contributed by atoms with Gasteiger partial charge in [0.1, 0.15) is 5.75 Å². The summed E-state index contributed by atoms with van der Waals surface area (Å²) in [6.45, 7) is 2.86. The minimum atomic E-state index is -0.747. The lowest BCUT2D eigenvalue weighted by molar-refractivity contribution is 0.307. The smallest absolute Gasteiger partial charge is 0.182 e. The summed E-state index contributed by atoms with van der Waals surface area (Å²) in [6, 6.07) is 7.72. The summed E-state index contributed by atoms with van der Waals surface area (Å²) in [6.07, 6.45) is 2.17. The van der Waals surface area contributed by atoms with Crippen molar-refractivity contribution < 1.29 is 4.74 Å². The van der Waals surface area contributed by atoms with E-state index in [1.165, 1.54) is 0 Å². The molecule has 15 heavy (non-hydrogen) atoms. The predicted molar refractivity (Wildman–Crippen MR) is 72.2 cm³/mol. The summed E-state index contributed by atoms with van der Waals surface area (Å²) < 4.78 is 4.91. The molecule has 0 fully saturated rings. The molecule has 0 bridgehead atoms. The van der Waals surface area contributed by atoms with Gasteiger partial charge in [-0.2, -0.15) is 0 Å². The van der Waals surface area contributed by atoms with Crippen LogP contribution in [0.3, 0.4) is 0 Å². The van der Waals surface area contributed by atoms with Crippen LogP contribution in [0, 0.1) is 0 Å². The van der Waals surface area contributed by atoms with E-state index < -0.39 is 2.69 Å². The van der Waals surface area contributed by atoms with E-state index in [1.807, 2.05) is 24.3 Å². The van der Waals surface area contributed by atoms with Crippen LogP contribution in [0.4, 0.5) is 0 Å². The highest BCUT2D eigenvalue weighted by atomic mass is 79.9. The molecule has 4 heteroatoms. The van der Waals surface area contributed by atoms with E-state index in [0.717, 1.165) is 30.8 Å². The van der Waals surface area contributed by atoms with Crippen LogP contribution in [-0.4, -0.2) is 6.61 Å². The number of halogens is 3. The standard InChI is InChI=1S/C11H13Br2ClO/c1-2-3-8-15-10-7-5-4-6-9(10)11(12,13)14/h4-7H,2-3,8H2,1H3. The topological polar surface area (TPSA) is 9.23 Å². The molecule has 0 atom stereocenters. The summed E-state index contributed by atoms with van der Waals surface area (Å²) in [4.78, 5) is 0. The number of ether oxygens (including phenoxy) is 1. The molecule has 1 nitrogen and oxygen atoms in total. The van der Waals surface area contributed by atoms with Gasteiger partial charge in [0.05, 0.1) is 6.61 Å². The first kappa shape index (κ1) is 13.3. The van der Waals surface area contributed by atoms with Gasteiger partial charge in [-0.15, -0.1) is 0 Å². The molecule has 0 saturated heterocycles. The van der Waals surface area contributed by atoms with Gasteiger partial charge in [-0.1, -0.05) is 43.1 Å². The van der Waals surface area contributed by atoms with Crippen molar-refractivity contribution in [1.82, 2.24) is 0 Å². The third kappa shape index (κ3) is 4.33. The van der Waals surface area contributed by atoms with Crippen molar-refractivity contribution in [3.05, 3.63) is 29.8 Å². The zero-order valence-corrected chi connectivity index (χ0v) is 12.4. The molecule has 0 spiro atoms. The number of hydrogen-bond donors (Lipinski definition) is 0. The molecule has 1 rings (SSSR count). The third-order valence-corrected chi connectivity index (χ3v) is 3.01. The van der Waals surface area contributed by atoms with Crippen molar-refractivity contribution in [1.29, 1.82) is 0 Å². The van der Waals surface area contributed by atoms with Crippen LogP contribution in [0.1, 0.15) is 25.3 Å². The highest BCUT2D eigenvalue weighted by Crippen LogP contribution is 2.46. The number of hydrogen-bond acceptors (Lipinski definition) is 1. The fraction of sp³-hybridized carbons (Fsp3) is 0.455. The third-order valence-electron chi connectivity index (χ3n) is 1.95. The molecule has 0 amide bonds. The van der Waals surface area contributed by atoms with E-state index >= 15 is 0 Å². The van der Waals surface area contributed by atoms with Gasteiger partial charge in [0, 0.05) is 5.56 Å². The highest BCUT2D eigenvalue weighted by Gasteiger charge is 2.25. The SMILES string of the molecule is CCCCOc1ccccc1C(Cl)(Br)Br. The molecule has 0 aliphatic rings. The molecular formula is C11H13Br2ClO. The Labute approximate surface area is 112 Å². The van der Waals surface area contributed by atoms with Crippen LogP contribution >= 0.6 is 43.5 Å². The summed E-state index contributed by atoms with van der Waals surface area (Å²) in [5.74, 6) is 0.815. The van der Waals surface area contributed by atoms with Crippen LogP contribution in [0.25, 0.3) is 0 Å². The molecular weight excluding hydrogens is 343 g/mol. The second kappa shape index (κ2) is 6.12. The maximum atomic E-state index is 6.13. The zero-order valence-electron chi connectivity index (χ0n) is 8.47. The van der Waals surface area contributed by atoms with E-state index in [4.69, 9.17) is 16.3 Å². The molecule has 0 aliphatic carbocycles. The van der Waals surface area contributed by atoms with Gasteiger partial charge in [0.25, 0.3) is 0 Å². The molecule has 1 aromatic rings. The van der Waals surface area contributed by atoms with Crippen LogP contribution in [0.15, 0.2) is 24.3 Å². The van der Waals surface area contributed by atoms with Crippen LogP contribution in [-0.2, 0) is 2.69 Å². The Hall–Kier alpha value is 0.270. The number of alkyl halides is 3. The van der Waals surface area contributed by atoms with Gasteiger partial charge < -0.3 is 4.74 Å². The molecule has 0 aliphatic heterocycles. The van der Waals surface area contributed by atoms with Gasteiger partial charge in [-0.25, -0.2) is 0 Å². The Kier molecular flexibility index (Phi) is 5.44.